The highest BCUT2D eigenvalue weighted by atomic mass is 35.5. The lowest BCUT2D eigenvalue weighted by Gasteiger charge is -2.67. The number of allylic oxidation sites excluding steroid dienone is 2. The number of hydrogen-bond acceptors (Lipinski definition) is 7. The van der Waals surface area contributed by atoms with Gasteiger partial charge in [0.1, 0.15) is 16.1 Å². The Morgan fingerprint density at radius 3 is 2.34 bits per heavy atom. The number of carboxylic acids is 1. The van der Waals surface area contributed by atoms with E-state index in [4.69, 9.17) is 21.4 Å². The summed E-state index contributed by atoms with van der Waals surface area (Å²) in [6.45, 7) is 14.9. The first-order valence-corrected chi connectivity index (χ1v) is 20.0. The van der Waals surface area contributed by atoms with Gasteiger partial charge in [-0.05, 0) is 135 Å². The van der Waals surface area contributed by atoms with Gasteiger partial charge >= 0.3 is 11.9 Å². The van der Waals surface area contributed by atoms with Crippen molar-refractivity contribution in [3.05, 3.63) is 45.4 Å². The fraction of sp³-hybridized carbons (Fsp3) is 0.683. The van der Waals surface area contributed by atoms with Crippen molar-refractivity contribution in [1.82, 2.24) is 10.2 Å². The predicted molar refractivity (Wildman–Crippen MR) is 196 cm³/mol. The number of fused-ring (bicyclic) bond motifs is 7. The van der Waals surface area contributed by atoms with Crippen LogP contribution in [0.15, 0.2) is 35.4 Å². The lowest BCUT2D eigenvalue weighted by atomic mass is 9.38. The van der Waals surface area contributed by atoms with Crippen LogP contribution in [0, 0.1) is 51.8 Å². The van der Waals surface area contributed by atoms with Crippen molar-refractivity contribution in [1.29, 1.82) is 0 Å². The Labute approximate surface area is 306 Å². The molecule has 2 aromatic rings. The Balaban J connectivity index is 1.16. The van der Waals surface area contributed by atoms with E-state index in [0.717, 1.165) is 72.5 Å². The first-order chi connectivity index (χ1) is 23.5. The van der Waals surface area contributed by atoms with E-state index >= 15 is 0 Å². The van der Waals surface area contributed by atoms with Crippen molar-refractivity contribution < 1.29 is 24.2 Å². The summed E-state index contributed by atoms with van der Waals surface area (Å²) >= 11 is 7.83. The minimum absolute atomic E-state index is 0.116. The predicted octanol–water partition coefficient (Wildman–Crippen LogP) is 9.72. The molecule has 5 aliphatic carbocycles. The molecule has 0 amide bonds. The number of benzene rings is 1. The second kappa shape index (κ2) is 12.5. The summed E-state index contributed by atoms with van der Waals surface area (Å²) in [6, 6.07) is 7.77. The van der Waals surface area contributed by atoms with Crippen molar-refractivity contribution in [2.24, 2.45) is 51.8 Å². The molecule has 4 fully saturated rings. The molecule has 0 bridgehead atoms. The molecule has 7 nitrogen and oxygen atoms in total. The van der Waals surface area contributed by atoms with Crippen LogP contribution in [0.4, 0.5) is 0 Å². The zero-order valence-corrected chi connectivity index (χ0v) is 32.3. The lowest BCUT2D eigenvalue weighted by Crippen LogP contribution is -2.60. The van der Waals surface area contributed by atoms with Crippen molar-refractivity contribution >= 4 is 40.7 Å². The van der Waals surface area contributed by atoms with Gasteiger partial charge < -0.3 is 9.84 Å². The molecule has 0 saturated heterocycles. The standard InChI is InChI=1S/C41H53ClN2O5S/c1-22(2)33-29(45)20-41(36-44-43-35(50-36)24-8-10-25(42)11-9-24)19-15-28-26(34(33)41)12-13-31-39(6)18-16-30(23(3)27(39)14-17-40(28,31)7)49-32(46)21-38(4,5)37(47)48/h8-11,22-23,26-28,30-31H,12-21H2,1-7H3,(H,47,48). The quantitative estimate of drug-likeness (QED) is 0.284. The fourth-order valence-corrected chi connectivity index (χ4v) is 13.3. The number of esters is 1. The zero-order valence-electron chi connectivity index (χ0n) is 30.7. The number of ether oxygens (including phenoxy) is 1. The Morgan fingerprint density at radius 1 is 1.00 bits per heavy atom. The van der Waals surface area contributed by atoms with Crippen LogP contribution in [-0.2, 0) is 24.5 Å². The van der Waals surface area contributed by atoms with Crippen LogP contribution in [0.5, 0.6) is 0 Å². The Bertz CT molecular complexity index is 1730. The SMILES string of the molecule is CC(C)C1=C2C3CCC4C(C)(CCC5C(C)C(OC(=O)CC(C)(C)C(=O)O)CCC54C)C3CCC2(c2nnc(-c3ccc(Cl)cc3)s2)CC1=O. The second-order valence-electron chi connectivity index (χ2n) is 17.9. The van der Waals surface area contributed by atoms with E-state index in [9.17, 15) is 19.5 Å². The molecular formula is C41H53ClN2O5S. The van der Waals surface area contributed by atoms with E-state index < -0.39 is 17.4 Å². The summed E-state index contributed by atoms with van der Waals surface area (Å²) < 4.78 is 6.05. The number of aromatic nitrogens is 2. The van der Waals surface area contributed by atoms with Gasteiger partial charge in [0, 0.05) is 17.0 Å². The van der Waals surface area contributed by atoms with Crippen LogP contribution in [0.1, 0.15) is 118 Å². The van der Waals surface area contributed by atoms with E-state index in [1.165, 1.54) is 5.57 Å². The average molecular weight is 721 g/mol. The van der Waals surface area contributed by atoms with Gasteiger partial charge in [0.05, 0.1) is 17.3 Å². The number of nitrogens with zero attached hydrogens (tertiary/aromatic N) is 2. The van der Waals surface area contributed by atoms with Crippen LogP contribution < -0.4 is 0 Å². The van der Waals surface area contributed by atoms with E-state index in [-0.39, 0.29) is 40.6 Å². The summed E-state index contributed by atoms with van der Waals surface area (Å²) in [5.41, 5.74) is 2.25. The third-order valence-electron chi connectivity index (χ3n) is 14.5. The summed E-state index contributed by atoms with van der Waals surface area (Å²) in [7, 11) is 0. The van der Waals surface area contributed by atoms with Crippen LogP contribution in [0.25, 0.3) is 10.6 Å². The van der Waals surface area contributed by atoms with Crippen molar-refractivity contribution in [2.75, 3.05) is 0 Å². The molecule has 0 radical (unpaired) electrons. The molecule has 9 atom stereocenters. The molecule has 9 unspecified atom stereocenters. The average Bonchev–Trinajstić information content (AvgIpc) is 3.66. The number of aliphatic carboxylic acids is 1. The molecule has 0 aliphatic heterocycles. The molecule has 1 heterocycles. The molecule has 1 N–H and O–H groups in total. The number of carbonyl (C=O) groups excluding carboxylic acids is 2. The van der Waals surface area contributed by atoms with Crippen molar-refractivity contribution in [3.8, 4) is 10.6 Å². The third-order valence-corrected chi connectivity index (χ3v) is 15.9. The Kier molecular flexibility index (Phi) is 8.97. The zero-order chi connectivity index (χ0) is 36.0. The van der Waals surface area contributed by atoms with Gasteiger partial charge in [-0.1, -0.05) is 69.7 Å². The highest BCUT2D eigenvalue weighted by molar-refractivity contribution is 7.14. The maximum Gasteiger partial charge on any atom is 0.309 e. The topological polar surface area (TPSA) is 106 Å². The van der Waals surface area contributed by atoms with Crippen LogP contribution in [0.3, 0.4) is 0 Å². The molecule has 270 valence electrons. The van der Waals surface area contributed by atoms with Crippen LogP contribution in [-0.4, -0.2) is 39.1 Å². The minimum Gasteiger partial charge on any atom is -0.481 e. The lowest BCUT2D eigenvalue weighted by molar-refractivity contribution is -0.191. The van der Waals surface area contributed by atoms with Gasteiger partial charge in [-0.15, -0.1) is 10.2 Å². The first kappa shape index (κ1) is 35.8. The molecule has 4 saturated carbocycles. The molecule has 5 aliphatic rings. The van der Waals surface area contributed by atoms with Gasteiger partial charge in [0.15, 0.2) is 5.78 Å². The molecule has 9 heteroatoms. The summed E-state index contributed by atoms with van der Waals surface area (Å²) in [5, 5.41) is 21.6. The number of carbonyl (C=O) groups is 3. The van der Waals surface area contributed by atoms with Gasteiger partial charge in [0.25, 0.3) is 0 Å². The van der Waals surface area contributed by atoms with E-state index in [1.54, 1.807) is 25.2 Å². The van der Waals surface area contributed by atoms with Gasteiger partial charge in [-0.3, -0.25) is 14.4 Å². The van der Waals surface area contributed by atoms with Gasteiger partial charge in [0.2, 0.25) is 0 Å². The Morgan fingerprint density at radius 2 is 1.66 bits per heavy atom. The molecule has 0 spiro atoms. The van der Waals surface area contributed by atoms with Gasteiger partial charge in [-0.25, -0.2) is 0 Å². The highest BCUT2D eigenvalue weighted by Crippen LogP contribution is 2.72. The minimum atomic E-state index is -1.14. The molecule has 1 aromatic heterocycles. The number of ketones is 1. The number of carboxylic acid groups (broad SMARTS) is 1. The van der Waals surface area contributed by atoms with Crippen LogP contribution in [0.2, 0.25) is 5.02 Å². The molecule has 7 rings (SSSR count). The largest absolute Gasteiger partial charge is 0.481 e. The van der Waals surface area contributed by atoms with Crippen LogP contribution >= 0.6 is 22.9 Å². The maximum atomic E-state index is 14.0. The normalized spacial score (nSPS) is 36.8. The summed E-state index contributed by atoms with van der Waals surface area (Å²) in [5.74, 6) is 1.19. The summed E-state index contributed by atoms with van der Waals surface area (Å²) in [6.07, 6.45) is 8.55. The number of hydrogen-bond donors (Lipinski definition) is 1. The number of Topliss-reactive ketones (excluding diaryl/α,β-unsaturated/α-hetero) is 1. The van der Waals surface area contributed by atoms with E-state index in [2.05, 4.69) is 39.7 Å². The van der Waals surface area contributed by atoms with Gasteiger partial charge in [-0.2, -0.15) is 0 Å². The third kappa shape index (κ3) is 5.52. The van der Waals surface area contributed by atoms with E-state index in [1.807, 2.05) is 24.3 Å². The molecule has 50 heavy (non-hydrogen) atoms. The Hall–Kier alpha value is -2.58. The van der Waals surface area contributed by atoms with Crippen molar-refractivity contribution in [3.63, 3.8) is 0 Å². The summed E-state index contributed by atoms with van der Waals surface area (Å²) in [4.78, 5) is 38.6. The molecule has 1 aromatic carbocycles. The molecular weight excluding hydrogens is 668 g/mol. The fourth-order valence-electron chi connectivity index (χ4n) is 12.1. The first-order valence-electron chi connectivity index (χ1n) is 18.8. The maximum absolute atomic E-state index is 14.0. The number of rotatable bonds is 7. The second-order valence-corrected chi connectivity index (χ2v) is 19.3. The smallest absolute Gasteiger partial charge is 0.309 e. The van der Waals surface area contributed by atoms with E-state index in [0.29, 0.717) is 40.9 Å². The van der Waals surface area contributed by atoms with Crippen molar-refractivity contribution in [2.45, 2.75) is 124 Å². The highest BCUT2D eigenvalue weighted by Gasteiger charge is 2.65. The number of halogens is 1. The monoisotopic (exact) mass is 720 g/mol.